The minimum absolute atomic E-state index is 0.611. The number of carbonyl (C=O) groups is 1. The molecule has 16 heavy (non-hydrogen) atoms. The Morgan fingerprint density at radius 1 is 1.38 bits per heavy atom. The number of aldehydes is 1. The average Bonchev–Trinajstić information content (AvgIpc) is 2.76. The maximum Gasteiger partial charge on any atom is 0.166 e. The van der Waals surface area contributed by atoms with Gasteiger partial charge in [-0.1, -0.05) is 15.9 Å². The number of benzene rings is 1. The van der Waals surface area contributed by atoms with Crippen molar-refractivity contribution in [1.29, 1.82) is 0 Å². The number of ether oxygens (including phenoxy) is 1. The predicted molar refractivity (Wildman–Crippen MR) is 65.4 cm³/mol. The third-order valence-electron chi connectivity index (χ3n) is 2.27. The van der Waals surface area contributed by atoms with Crippen LogP contribution in [-0.2, 0) is 0 Å². The largest absolute Gasteiger partial charge is 0.497 e. The molecule has 1 heterocycles. The molecule has 4 heteroatoms. The average molecular weight is 280 g/mol. The second-order valence-corrected chi connectivity index (χ2v) is 4.19. The Morgan fingerprint density at radius 3 is 2.88 bits per heavy atom. The molecular weight excluding hydrogens is 270 g/mol. The molecule has 0 bridgehead atoms. The van der Waals surface area contributed by atoms with Crippen molar-refractivity contribution in [2.24, 2.45) is 0 Å². The van der Waals surface area contributed by atoms with Gasteiger partial charge in [-0.05, 0) is 24.3 Å². The van der Waals surface area contributed by atoms with E-state index < -0.39 is 0 Å². The zero-order chi connectivity index (χ0) is 11.5. The van der Waals surface area contributed by atoms with Crippen molar-refractivity contribution >= 4 is 22.2 Å². The van der Waals surface area contributed by atoms with E-state index in [0.717, 1.165) is 22.2 Å². The van der Waals surface area contributed by atoms with E-state index in [1.54, 1.807) is 17.7 Å². The quantitative estimate of drug-likeness (QED) is 0.809. The van der Waals surface area contributed by atoms with Gasteiger partial charge in [0.2, 0.25) is 0 Å². The molecule has 0 spiro atoms. The van der Waals surface area contributed by atoms with Crippen LogP contribution in [0.1, 0.15) is 10.5 Å². The number of rotatable bonds is 3. The summed E-state index contributed by atoms with van der Waals surface area (Å²) in [6.07, 6.45) is 2.67. The summed E-state index contributed by atoms with van der Waals surface area (Å²) in [5, 5.41) is 0. The second kappa shape index (κ2) is 4.53. The minimum atomic E-state index is 0.611. The van der Waals surface area contributed by atoms with Gasteiger partial charge in [0.15, 0.2) is 6.29 Å². The fourth-order valence-corrected chi connectivity index (χ4v) is 1.99. The molecule has 3 nitrogen and oxygen atoms in total. The van der Waals surface area contributed by atoms with Crippen LogP contribution in [-0.4, -0.2) is 18.0 Å². The first-order chi connectivity index (χ1) is 7.74. The molecular formula is C12H10BrNO2. The Kier molecular flexibility index (Phi) is 3.10. The van der Waals surface area contributed by atoms with E-state index in [2.05, 4.69) is 15.9 Å². The smallest absolute Gasteiger partial charge is 0.166 e. The Hall–Kier alpha value is -1.55. The summed E-state index contributed by atoms with van der Waals surface area (Å²) in [5.74, 6) is 0.745. The normalized spacial score (nSPS) is 10.1. The van der Waals surface area contributed by atoms with E-state index in [-0.39, 0.29) is 0 Å². The highest BCUT2D eigenvalue weighted by atomic mass is 79.9. The number of aromatic nitrogens is 1. The SMILES string of the molecule is COc1cc(Br)cc(-n2cccc2C=O)c1. The summed E-state index contributed by atoms with van der Waals surface area (Å²) in [6.45, 7) is 0. The number of nitrogens with zero attached hydrogens (tertiary/aromatic N) is 1. The van der Waals surface area contributed by atoms with Crippen molar-refractivity contribution in [1.82, 2.24) is 4.57 Å². The van der Waals surface area contributed by atoms with Crippen LogP contribution < -0.4 is 4.74 Å². The number of hydrogen-bond acceptors (Lipinski definition) is 2. The van der Waals surface area contributed by atoms with Crippen LogP contribution in [0.5, 0.6) is 5.75 Å². The van der Waals surface area contributed by atoms with E-state index >= 15 is 0 Å². The van der Waals surface area contributed by atoms with E-state index in [1.807, 2.05) is 30.5 Å². The highest BCUT2D eigenvalue weighted by Crippen LogP contribution is 2.24. The summed E-state index contributed by atoms with van der Waals surface area (Å²) in [5.41, 5.74) is 1.50. The molecule has 0 radical (unpaired) electrons. The molecule has 0 unspecified atom stereocenters. The van der Waals surface area contributed by atoms with Gasteiger partial charge in [-0.3, -0.25) is 4.79 Å². The second-order valence-electron chi connectivity index (χ2n) is 3.27. The lowest BCUT2D eigenvalue weighted by molar-refractivity contribution is 0.111. The van der Waals surface area contributed by atoms with Crippen molar-refractivity contribution in [2.75, 3.05) is 7.11 Å². The number of hydrogen-bond donors (Lipinski definition) is 0. The van der Waals surface area contributed by atoms with Crippen LogP contribution in [0, 0.1) is 0 Å². The first-order valence-electron chi connectivity index (χ1n) is 4.72. The lowest BCUT2D eigenvalue weighted by atomic mass is 10.3. The first kappa shape index (κ1) is 11.0. The maximum absolute atomic E-state index is 10.8. The van der Waals surface area contributed by atoms with E-state index in [9.17, 15) is 4.79 Å². The van der Waals surface area contributed by atoms with Gasteiger partial charge in [0.1, 0.15) is 5.75 Å². The van der Waals surface area contributed by atoms with Crippen LogP contribution in [0.15, 0.2) is 41.0 Å². The Bertz CT molecular complexity index is 519. The minimum Gasteiger partial charge on any atom is -0.497 e. The molecule has 0 atom stereocenters. The van der Waals surface area contributed by atoms with Gasteiger partial charge in [0.05, 0.1) is 18.5 Å². The fourth-order valence-electron chi connectivity index (χ4n) is 1.53. The predicted octanol–water partition coefficient (Wildman–Crippen LogP) is 3.06. The van der Waals surface area contributed by atoms with Crippen molar-refractivity contribution < 1.29 is 9.53 Å². The van der Waals surface area contributed by atoms with Gasteiger partial charge in [0.25, 0.3) is 0 Å². The zero-order valence-electron chi connectivity index (χ0n) is 8.68. The Morgan fingerprint density at radius 2 is 2.19 bits per heavy atom. The lowest BCUT2D eigenvalue weighted by Gasteiger charge is -2.08. The van der Waals surface area contributed by atoms with Crippen LogP contribution in [0.4, 0.5) is 0 Å². The van der Waals surface area contributed by atoms with Gasteiger partial charge in [0, 0.05) is 16.7 Å². The van der Waals surface area contributed by atoms with Crippen molar-refractivity contribution in [3.8, 4) is 11.4 Å². The van der Waals surface area contributed by atoms with Crippen molar-refractivity contribution in [3.63, 3.8) is 0 Å². The van der Waals surface area contributed by atoms with Crippen LogP contribution in [0.2, 0.25) is 0 Å². The van der Waals surface area contributed by atoms with Crippen LogP contribution in [0.3, 0.4) is 0 Å². The number of carbonyl (C=O) groups excluding carboxylic acids is 1. The molecule has 82 valence electrons. The molecule has 0 N–H and O–H groups in total. The molecule has 0 saturated carbocycles. The monoisotopic (exact) mass is 279 g/mol. The molecule has 0 fully saturated rings. The summed E-state index contributed by atoms with van der Waals surface area (Å²) < 4.78 is 7.89. The standard InChI is InChI=1S/C12H10BrNO2/c1-16-12-6-9(13)5-11(7-12)14-4-2-3-10(14)8-15/h2-8H,1H3. The summed E-state index contributed by atoms with van der Waals surface area (Å²) in [7, 11) is 1.61. The third-order valence-corrected chi connectivity index (χ3v) is 2.73. The topological polar surface area (TPSA) is 31.2 Å². The molecule has 0 amide bonds. The molecule has 2 rings (SSSR count). The lowest BCUT2D eigenvalue weighted by Crippen LogP contribution is -1.98. The van der Waals surface area contributed by atoms with Crippen molar-refractivity contribution in [2.45, 2.75) is 0 Å². The molecule has 2 aromatic rings. The van der Waals surface area contributed by atoms with E-state index in [1.165, 1.54) is 0 Å². The fraction of sp³-hybridized carbons (Fsp3) is 0.0833. The van der Waals surface area contributed by atoms with Crippen LogP contribution >= 0.6 is 15.9 Å². The highest BCUT2D eigenvalue weighted by Gasteiger charge is 2.05. The van der Waals surface area contributed by atoms with Gasteiger partial charge in [-0.15, -0.1) is 0 Å². The third kappa shape index (κ3) is 2.02. The number of methoxy groups -OCH3 is 1. The molecule has 0 aliphatic carbocycles. The maximum atomic E-state index is 10.8. The van der Waals surface area contributed by atoms with Gasteiger partial charge < -0.3 is 9.30 Å². The summed E-state index contributed by atoms with van der Waals surface area (Å²) in [4.78, 5) is 10.8. The first-order valence-corrected chi connectivity index (χ1v) is 5.51. The zero-order valence-corrected chi connectivity index (χ0v) is 10.3. The molecule has 1 aromatic carbocycles. The molecule has 0 saturated heterocycles. The summed E-state index contributed by atoms with van der Waals surface area (Å²) >= 11 is 3.40. The Labute approximate surface area is 102 Å². The highest BCUT2D eigenvalue weighted by molar-refractivity contribution is 9.10. The molecule has 0 aliphatic heterocycles. The number of halogens is 1. The Balaban J connectivity index is 2.55. The van der Waals surface area contributed by atoms with E-state index in [0.29, 0.717) is 5.69 Å². The van der Waals surface area contributed by atoms with Gasteiger partial charge in [-0.25, -0.2) is 0 Å². The summed E-state index contributed by atoms with van der Waals surface area (Å²) in [6, 6.07) is 9.26. The van der Waals surface area contributed by atoms with Gasteiger partial charge >= 0.3 is 0 Å². The van der Waals surface area contributed by atoms with Gasteiger partial charge in [-0.2, -0.15) is 0 Å². The molecule has 1 aromatic heterocycles. The van der Waals surface area contributed by atoms with Crippen molar-refractivity contribution in [3.05, 3.63) is 46.7 Å². The van der Waals surface area contributed by atoms with Crippen LogP contribution in [0.25, 0.3) is 5.69 Å². The molecule has 0 aliphatic rings. The van der Waals surface area contributed by atoms with E-state index in [4.69, 9.17) is 4.74 Å².